The first-order valence-electron chi connectivity index (χ1n) is 15.7. The van der Waals surface area contributed by atoms with Crippen LogP contribution in [-0.4, -0.2) is 76.6 Å². The van der Waals surface area contributed by atoms with Crippen LogP contribution < -0.4 is 16.2 Å². The third kappa shape index (κ3) is 6.89. The van der Waals surface area contributed by atoms with Crippen LogP contribution in [-0.2, 0) is 16.6 Å². The standard InChI is InChI=1S/C34H39BrN6O4/c1-39-19-26(17-27(20-39)37-29-18-36-40(2)34(45)31(29)35)22-5-9-25(10-6-22)33(44)41-15-13-23(14-16-41)21-3-7-24(8-4-21)28-11-12-30(42)38-32(28)43/h3-10,18,23,26-28,37H,11-17,19-20H2,1-2H3,(H,38,42,43). The Bertz CT molecular complexity index is 1630. The van der Waals surface area contributed by atoms with Crippen LogP contribution in [0.4, 0.5) is 5.69 Å². The molecule has 0 aliphatic carbocycles. The number of hydrogen-bond donors (Lipinski definition) is 2. The summed E-state index contributed by atoms with van der Waals surface area (Å²) in [7, 11) is 3.73. The van der Waals surface area contributed by atoms with Crippen LogP contribution in [0.5, 0.6) is 0 Å². The first-order chi connectivity index (χ1) is 21.7. The highest BCUT2D eigenvalue weighted by Crippen LogP contribution is 2.33. The molecule has 0 spiro atoms. The highest BCUT2D eigenvalue weighted by atomic mass is 79.9. The Labute approximate surface area is 271 Å². The van der Waals surface area contributed by atoms with Gasteiger partial charge in [-0.3, -0.25) is 24.5 Å². The fourth-order valence-electron chi connectivity index (χ4n) is 7.01. The zero-order chi connectivity index (χ0) is 31.7. The molecule has 3 saturated heterocycles. The summed E-state index contributed by atoms with van der Waals surface area (Å²) < 4.78 is 1.79. The van der Waals surface area contributed by atoms with E-state index in [1.54, 1.807) is 13.2 Å². The number of aromatic nitrogens is 2. The summed E-state index contributed by atoms with van der Waals surface area (Å²) in [6, 6.07) is 16.4. The molecule has 3 unspecified atom stereocenters. The number of anilines is 1. The number of likely N-dealkylation sites (N-methyl/N-ethyl adjacent to an activating group) is 1. The van der Waals surface area contributed by atoms with Gasteiger partial charge in [0.15, 0.2) is 0 Å². The second kappa shape index (κ2) is 13.3. The van der Waals surface area contributed by atoms with Crippen LogP contribution >= 0.6 is 15.9 Å². The lowest BCUT2D eigenvalue weighted by Crippen LogP contribution is -2.43. The third-order valence-electron chi connectivity index (χ3n) is 9.53. The number of hydrogen-bond acceptors (Lipinski definition) is 7. The van der Waals surface area contributed by atoms with Crippen LogP contribution in [0, 0.1) is 0 Å². The number of nitrogens with one attached hydrogen (secondary N) is 2. The minimum Gasteiger partial charge on any atom is -0.379 e. The molecule has 3 atom stereocenters. The highest BCUT2D eigenvalue weighted by molar-refractivity contribution is 9.10. The quantitative estimate of drug-likeness (QED) is 0.380. The van der Waals surface area contributed by atoms with Crippen LogP contribution in [0.1, 0.15) is 76.9 Å². The average Bonchev–Trinajstić information content (AvgIpc) is 3.05. The van der Waals surface area contributed by atoms with Gasteiger partial charge >= 0.3 is 0 Å². The van der Waals surface area contributed by atoms with Crippen LogP contribution in [0.3, 0.4) is 0 Å². The van der Waals surface area contributed by atoms with Gasteiger partial charge in [-0.25, -0.2) is 4.68 Å². The monoisotopic (exact) mass is 674 g/mol. The Hall–Kier alpha value is -3.83. The second-order valence-corrected chi connectivity index (χ2v) is 13.4. The number of rotatable bonds is 6. The zero-order valence-electron chi connectivity index (χ0n) is 25.7. The van der Waals surface area contributed by atoms with E-state index in [1.165, 1.54) is 15.8 Å². The van der Waals surface area contributed by atoms with E-state index in [2.05, 4.69) is 67.9 Å². The summed E-state index contributed by atoms with van der Waals surface area (Å²) in [6.07, 6.45) is 5.29. The molecule has 4 heterocycles. The molecule has 3 aromatic rings. The molecule has 3 amide bonds. The van der Waals surface area contributed by atoms with Gasteiger partial charge in [-0.15, -0.1) is 0 Å². The van der Waals surface area contributed by atoms with E-state index in [0.29, 0.717) is 53.5 Å². The number of amides is 3. The van der Waals surface area contributed by atoms with Crippen molar-refractivity contribution in [1.29, 1.82) is 0 Å². The van der Waals surface area contributed by atoms with E-state index in [9.17, 15) is 19.2 Å². The van der Waals surface area contributed by atoms with Gasteiger partial charge in [0.1, 0.15) is 4.47 Å². The molecule has 11 heteroatoms. The van der Waals surface area contributed by atoms with Crippen LogP contribution in [0.2, 0.25) is 0 Å². The van der Waals surface area contributed by atoms with Gasteiger partial charge in [-0.1, -0.05) is 36.4 Å². The molecule has 3 aliphatic rings. The minimum absolute atomic E-state index is 0.0662. The number of imide groups is 1. The van der Waals surface area contributed by atoms with Gasteiger partial charge in [0.05, 0.1) is 17.8 Å². The highest BCUT2D eigenvalue weighted by Gasteiger charge is 2.30. The Morgan fingerprint density at radius 1 is 0.889 bits per heavy atom. The van der Waals surface area contributed by atoms with Crippen molar-refractivity contribution >= 4 is 39.3 Å². The molecule has 2 N–H and O–H groups in total. The van der Waals surface area contributed by atoms with E-state index in [0.717, 1.165) is 37.9 Å². The second-order valence-electron chi connectivity index (χ2n) is 12.7. The van der Waals surface area contributed by atoms with E-state index < -0.39 is 0 Å². The van der Waals surface area contributed by atoms with Crippen LogP contribution in [0.25, 0.3) is 0 Å². The summed E-state index contributed by atoms with van der Waals surface area (Å²) in [5, 5.41) is 10.1. The maximum atomic E-state index is 13.4. The van der Waals surface area contributed by atoms with Crippen molar-refractivity contribution in [3.8, 4) is 0 Å². The van der Waals surface area contributed by atoms with Crippen molar-refractivity contribution < 1.29 is 14.4 Å². The van der Waals surface area contributed by atoms with Crippen molar-refractivity contribution in [1.82, 2.24) is 24.9 Å². The van der Waals surface area contributed by atoms with Gasteiger partial charge in [0.25, 0.3) is 11.5 Å². The predicted molar refractivity (Wildman–Crippen MR) is 175 cm³/mol. The Kier molecular flexibility index (Phi) is 9.18. The maximum absolute atomic E-state index is 13.4. The molecule has 10 nitrogen and oxygen atoms in total. The van der Waals surface area contributed by atoms with E-state index in [1.807, 2.05) is 29.2 Å². The van der Waals surface area contributed by atoms with E-state index in [-0.39, 0.29) is 35.2 Å². The van der Waals surface area contributed by atoms with Crippen molar-refractivity contribution in [3.63, 3.8) is 0 Å². The summed E-state index contributed by atoms with van der Waals surface area (Å²) in [4.78, 5) is 53.7. The number of piperidine rings is 3. The Balaban J connectivity index is 1.03. The molecule has 0 radical (unpaired) electrons. The average molecular weight is 676 g/mol. The smallest absolute Gasteiger partial charge is 0.282 e. The van der Waals surface area contributed by atoms with Gasteiger partial charge in [-0.05, 0) is 89.3 Å². The number of halogens is 1. The molecule has 0 saturated carbocycles. The number of carbonyl (C=O) groups excluding carboxylic acids is 3. The summed E-state index contributed by atoms with van der Waals surface area (Å²) in [6.45, 7) is 3.18. The summed E-state index contributed by atoms with van der Waals surface area (Å²) in [5.41, 5.74) is 4.61. The maximum Gasteiger partial charge on any atom is 0.282 e. The first-order valence-corrected chi connectivity index (χ1v) is 16.4. The molecular weight excluding hydrogens is 636 g/mol. The predicted octanol–water partition coefficient (Wildman–Crippen LogP) is 3.98. The molecule has 1 aromatic heterocycles. The lowest BCUT2D eigenvalue weighted by Gasteiger charge is -2.37. The number of carbonyl (C=O) groups is 3. The van der Waals surface area contributed by atoms with Crippen molar-refractivity contribution in [2.45, 2.75) is 55.9 Å². The first kappa shape index (κ1) is 31.2. The van der Waals surface area contributed by atoms with Gasteiger partial charge < -0.3 is 15.1 Å². The molecule has 0 bridgehead atoms. The molecule has 6 rings (SSSR count). The van der Waals surface area contributed by atoms with Crippen molar-refractivity contribution in [2.75, 3.05) is 38.5 Å². The molecule has 236 valence electrons. The summed E-state index contributed by atoms with van der Waals surface area (Å²) >= 11 is 3.42. The summed E-state index contributed by atoms with van der Waals surface area (Å²) in [5.74, 6) is 0.0418. The molecule has 3 fully saturated rings. The van der Waals surface area contributed by atoms with E-state index in [4.69, 9.17) is 0 Å². The van der Waals surface area contributed by atoms with Crippen molar-refractivity contribution in [2.24, 2.45) is 7.05 Å². The topological polar surface area (TPSA) is 117 Å². The number of nitrogens with zero attached hydrogens (tertiary/aromatic N) is 4. The molecule has 45 heavy (non-hydrogen) atoms. The fourth-order valence-corrected chi connectivity index (χ4v) is 7.48. The molecule has 3 aliphatic heterocycles. The molecular formula is C34H39BrN6O4. The van der Waals surface area contributed by atoms with Gasteiger partial charge in [0.2, 0.25) is 11.8 Å². The lowest BCUT2D eigenvalue weighted by atomic mass is 9.85. The number of aryl methyl sites for hydroxylation is 1. The fraction of sp³-hybridized carbons (Fsp3) is 0.441. The lowest BCUT2D eigenvalue weighted by molar-refractivity contribution is -0.134. The molecule has 2 aromatic carbocycles. The third-order valence-corrected chi connectivity index (χ3v) is 10.3. The van der Waals surface area contributed by atoms with Crippen LogP contribution in [0.15, 0.2) is 64.0 Å². The Morgan fingerprint density at radius 2 is 1.53 bits per heavy atom. The largest absolute Gasteiger partial charge is 0.379 e. The van der Waals surface area contributed by atoms with Gasteiger partial charge in [-0.2, -0.15) is 5.10 Å². The van der Waals surface area contributed by atoms with E-state index >= 15 is 0 Å². The zero-order valence-corrected chi connectivity index (χ0v) is 27.3. The normalized spacial score (nSPS) is 23.1. The minimum atomic E-state index is -0.272. The SMILES string of the molecule is CN1CC(Nc2cnn(C)c(=O)c2Br)CC(c2ccc(C(=O)N3CCC(c4ccc(C5CCC(=O)NC5=O)cc4)CC3)cc2)C1. The van der Waals surface area contributed by atoms with Crippen molar-refractivity contribution in [3.05, 3.63) is 91.8 Å². The number of benzene rings is 2. The van der Waals surface area contributed by atoms with Gasteiger partial charge in [0, 0.05) is 51.3 Å². The Morgan fingerprint density at radius 3 is 2.22 bits per heavy atom. The number of likely N-dealkylation sites (tertiary alicyclic amines) is 2.